The summed E-state index contributed by atoms with van der Waals surface area (Å²) in [7, 11) is 0. The maximum atomic E-state index is 11.6. The maximum absolute atomic E-state index is 11.6. The summed E-state index contributed by atoms with van der Waals surface area (Å²) >= 11 is 0. The molecule has 0 aromatic carbocycles. The van der Waals surface area contributed by atoms with E-state index in [9.17, 15) is 15.3 Å². The number of fused-ring (bicyclic) bond motifs is 5. The van der Waals surface area contributed by atoms with Crippen LogP contribution >= 0.6 is 0 Å². The highest BCUT2D eigenvalue weighted by Crippen LogP contribution is 2.69. The number of aliphatic hydroxyl groups excluding tert-OH is 2. The SMILES string of the molecule is CC(C)CCC[C@@H](C)[C@@H]1CC[C@H]2[C@H]3C[C@@H](O)[C@@]4(O)C[C@@H](O)CC[C@]4(C)[C@@H]3CC[C@@]21C. The summed E-state index contributed by atoms with van der Waals surface area (Å²) in [4.78, 5) is 0. The summed E-state index contributed by atoms with van der Waals surface area (Å²) in [6.45, 7) is 12.0. The highest BCUT2D eigenvalue weighted by atomic mass is 16.3. The largest absolute Gasteiger partial charge is 0.393 e. The molecule has 3 N–H and O–H groups in total. The predicted octanol–water partition coefficient (Wildman–Crippen LogP) is 5.55. The second-order valence-corrected chi connectivity index (χ2v) is 12.9. The number of hydrogen-bond acceptors (Lipinski definition) is 3. The van der Waals surface area contributed by atoms with E-state index in [1.54, 1.807) is 0 Å². The molecular formula is C27H48O3. The third-order valence-corrected chi connectivity index (χ3v) is 11.0. The van der Waals surface area contributed by atoms with Gasteiger partial charge >= 0.3 is 0 Å². The first-order chi connectivity index (χ1) is 14.0. The average molecular weight is 421 g/mol. The fraction of sp³-hybridized carbons (Fsp3) is 1.00. The van der Waals surface area contributed by atoms with E-state index in [1.165, 1.54) is 44.9 Å². The first kappa shape index (κ1) is 23.1. The predicted molar refractivity (Wildman–Crippen MR) is 122 cm³/mol. The first-order valence-corrected chi connectivity index (χ1v) is 13.1. The number of rotatable bonds is 5. The molecule has 0 aromatic rings. The van der Waals surface area contributed by atoms with Gasteiger partial charge in [0, 0.05) is 11.8 Å². The maximum Gasteiger partial charge on any atom is 0.0985 e. The molecule has 30 heavy (non-hydrogen) atoms. The van der Waals surface area contributed by atoms with Crippen molar-refractivity contribution in [3.05, 3.63) is 0 Å². The molecule has 0 radical (unpaired) electrons. The van der Waals surface area contributed by atoms with Crippen LogP contribution < -0.4 is 0 Å². The third-order valence-electron chi connectivity index (χ3n) is 11.0. The Balaban J connectivity index is 1.53. The van der Waals surface area contributed by atoms with Gasteiger partial charge in [-0.2, -0.15) is 0 Å². The molecule has 0 aromatic heterocycles. The van der Waals surface area contributed by atoms with E-state index in [0.717, 1.165) is 37.0 Å². The highest BCUT2D eigenvalue weighted by molar-refractivity contribution is 5.17. The van der Waals surface area contributed by atoms with Crippen LogP contribution in [-0.2, 0) is 0 Å². The van der Waals surface area contributed by atoms with E-state index in [-0.39, 0.29) is 5.41 Å². The summed E-state index contributed by atoms with van der Waals surface area (Å²) < 4.78 is 0. The molecule has 0 saturated heterocycles. The Morgan fingerprint density at radius 1 is 0.900 bits per heavy atom. The quantitative estimate of drug-likeness (QED) is 0.546. The van der Waals surface area contributed by atoms with Crippen LogP contribution in [0.5, 0.6) is 0 Å². The van der Waals surface area contributed by atoms with Gasteiger partial charge in [0.05, 0.1) is 17.8 Å². The van der Waals surface area contributed by atoms with Gasteiger partial charge in [-0.25, -0.2) is 0 Å². The molecule has 4 fully saturated rings. The van der Waals surface area contributed by atoms with Crippen LogP contribution in [0.25, 0.3) is 0 Å². The van der Waals surface area contributed by atoms with Gasteiger partial charge in [0.25, 0.3) is 0 Å². The van der Waals surface area contributed by atoms with Gasteiger partial charge in [0.15, 0.2) is 0 Å². The van der Waals surface area contributed by atoms with Crippen molar-refractivity contribution in [2.24, 2.45) is 46.3 Å². The Bertz CT molecular complexity index is 619. The Morgan fingerprint density at radius 3 is 2.33 bits per heavy atom. The number of aliphatic hydroxyl groups is 3. The molecule has 0 heterocycles. The van der Waals surface area contributed by atoms with Crippen molar-refractivity contribution in [3.63, 3.8) is 0 Å². The van der Waals surface area contributed by atoms with Crippen molar-refractivity contribution < 1.29 is 15.3 Å². The molecule has 3 nitrogen and oxygen atoms in total. The van der Waals surface area contributed by atoms with E-state index in [2.05, 4.69) is 34.6 Å². The van der Waals surface area contributed by atoms with Gasteiger partial charge in [-0.1, -0.05) is 53.9 Å². The second kappa shape index (κ2) is 8.03. The highest BCUT2D eigenvalue weighted by Gasteiger charge is 2.67. The van der Waals surface area contributed by atoms with E-state index in [4.69, 9.17) is 0 Å². The van der Waals surface area contributed by atoms with Crippen LogP contribution in [0.4, 0.5) is 0 Å². The van der Waals surface area contributed by atoms with Crippen molar-refractivity contribution in [2.45, 2.75) is 123 Å². The van der Waals surface area contributed by atoms with Crippen LogP contribution in [-0.4, -0.2) is 33.1 Å². The molecule has 0 spiro atoms. The van der Waals surface area contributed by atoms with Crippen molar-refractivity contribution in [1.29, 1.82) is 0 Å². The summed E-state index contributed by atoms with van der Waals surface area (Å²) in [5.74, 6) is 4.13. The zero-order valence-electron chi connectivity index (χ0n) is 20.2. The molecule has 0 bridgehead atoms. The van der Waals surface area contributed by atoms with Gasteiger partial charge in [-0.15, -0.1) is 0 Å². The van der Waals surface area contributed by atoms with E-state index in [1.807, 2.05) is 0 Å². The van der Waals surface area contributed by atoms with Crippen molar-refractivity contribution in [1.82, 2.24) is 0 Å². The minimum atomic E-state index is -1.11. The Morgan fingerprint density at radius 2 is 1.63 bits per heavy atom. The van der Waals surface area contributed by atoms with E-state index < -0.39 is 17.8 Å². The minimum Gasteiger partial charge on any atom is -0.393 e. The second-order valence-electron chi connectivity index (χ2n) is 12.9. The van der Waals surface area contributed by atoms with Gasteiger partial charge < -0.3 is 15.3 Å². The van der Waals surface area contributed by atoms with E-state index in [0.29, 0.717) is 29.6 Å². The summed E-state index contributed by atoms with van der Waals surface area (Å²) in [5, 5.41) is 33.0. The topological polar surface area (TPSA) is 60.7 Å². The average Bonchev–Trinajstić information content (AvgIpc) is 3.01. The van der Waals surface area contributed by atoms with Crippen molar-refractivity contribution in [2.75, 3.05) is 0 Å². The first-order valence-electron chi connectivity index (χ1n) is 13.1. The fourth-order valence-corrected chi connectivity index (χ4v) is 9.29. The smallest absolute Gasteiger partial charge is 0.0985 e. The van der Waals surface area contributed by atoms with Gasteiger partial charge in [-0.3, -0.25) is 0 Å². The van der Waals surface area contributed by atoms with Crippen LogP contribution in [0, 0.1) is 46.3 Å². The summed E-state index contributed by atoms with van der Waals surface area (Å²) in [5.41, 5.74) is -0.962. The van der Waals surface area contributed by atoms with Crippen LogP contribution in [0.3, 0.4) is 0 Å². The summed E-state index contributed by atoms with van der Waals surface area (Å²) in [6, 6.07) is 0. The molecule has 0 amide bonds. The standard InChI is InChI=1S/C27H48O3/c1-17(2)7-6-8-18(3)21-9-10-22-20-15-24(29)27(30)16-19(28)11-14-26(27,5)23(20)12-13-25(21,22)4/h17-24,28-30H,6-16H2,1-5H3/t18-,19+,20-,21+,22+,23-,24-,25-,26-,27+/m1/s1. The Labute approximate surface area is 185 Å². The lowest BCUT2D eigenvalue weighted by atomic mass is 9.42. The normalized spacial score (nSPS) is 51.9. The van der Waals surface area contributed by atoms with Gasteiger partial charge in [0.1, 0.15) is 0 Å². The molecule has 0 aliphatic heterocycles. The minimum absolute atomic E-state index is 0.253. The lowest BCUT2D eigenvalue weighted by Crippen LogP contribution is -2.68. The molecule has 0 unspecified atom stereocenters. The molecule has 4 aliphatic rings. The lowest BCUT2D eigenvalue weighted by molar-refractivity contribution is -0.264. The Kier molecular flexibility index (Phi) is 6.17. The third kappa shape index (κ3) is 3.41. The van der Waals surface area contributed by atoms with Crippen molar-refractivity contribution in [3.8, 4) is 0 Å². The van der Waals surface area contributed by atoms with E-state index >= 15 is 0 Å². The van der Waals surface area contributed by atoms with Crippen LogP contribution in [0.2, 0.25) is 0 Å². The molecule has 4 saturated carbocycles. The molecular weight excluding hydrogens is 372 g/mol. The van der Waals surface area contributed by atoms with Gasteiger partial charge in [0.2, 0.25) is 0 Å². The van der Waals surface area contributed by atoms with Crippen molar-refractivity contribution >= 4 is 0 Å². The number of hydrogen-bond donors (Lipinski definition) is 3. The fourth-order valence-electron chi connectivity index (χ4n) is 9.29. The summed E-state index contributed by atoms with van der Waals surface area (Å²) in [6.07, 6.45) is 10.7. The monoisotopic (exact) mass is 420 g/mol. The molecule has 4 rings (SSSR count). The zero-order valence-corrected chi connectivity index (χ0v) is 20.2. The molecule has 4 aliphatic carbocycles. The zero-order chi connectivity index (χ0) is 21.9. The molecule has 10 atom stereocenters. The van der Waals surface area contributed by atoms with Gasteiger partial charge in [-0.05, 0) is 85.9 Å². The van der Waals surface area contributed by atoms with Crippen LogP contribution in [0.1, 0.15) is 105 Å². The molecule has 3 heteroatoms. The molecule has 174 valence electrons. The Hall–Kier alpha value is -0.120. The lowest BCUT2D eigenvalue weighted by Gasteiger charge is -2.65. The van der Waals surface area contributed by atoms with Crippen LogP contribution in [0.15, 0.2) is 0 Å².